The molecule has 1 amide bonds. The zero-order chi connectivity index (χ0) is 15.3. The van der Waals surface area contributed by atoms with Gasteiger partial charge in [-0.2, -0.15) is 0 Å². The number of esters is 1. The minimum atomic E-state index is -0.674. The van der Waals surface area contributed by atoms with Gasteiger partial charge in [-0.15, -0.1) is 0 Å². The van der Waals surface area contributed by atoms with Gasteiger partial charge < -0.3 is 9.47 Å². The number of ether oxygens (including phenoxy) is 2. The van der Waals surface area contributed by atoms with Crippen molar-refractivity contribution < 1.29 is 19.1 Å². The molecule has 1 rings (SSSR count). The fourth-order valence-corrected chi connectivity index (χ4v) is 1.49. The van der Waals surface area contributed by atoms with Crippen molar-refractivity contribution >= 4 is 33.8 Å². The predicted molar refractivity (Wildman–Crippen MR) is 74.1 cm³/mol. The van der Waals surface area contributed by atoms with Crippen LogP contribution in [0.1, 0.15) is 31.3 Å². The maximum atomic E-state index is 11.4. The van der Waals surface area contributed by atoms with E-state index in [9.17, 15) is 9.59 Å². The van der Waals surface area contributed by atoms with Gasteiger partial charge in [0.2, 0.25) is 0 Å². The molecule has 0 unspecified atom stereocenters. The van der Waals surface area contributed by atoms with Crippen LogP contribution in [-0.4, -0.2) is 34.7 Å². The Balaban J connectivity index is 2.71. The van der Waals surface area contributed by atoms with Crippen LogP contribution in [0.15, 0.2) is 10.8 Å². The Kier molecular flexibility index (Phi) is 5.26. The first-order valence-electron chi connectivity index (χ1n) is 5.59. The normalized spacial score (nSPS) is 10.7. The van der Waals surface area contributed by atoms with Gasteiger partial charge in [-0.3, -0.25) is 5.43 Å². The lowest BCUT2D eigenvalue weighted by Crippen LogP contribution is -2.36. The molecular weight excluding hydrogens is 332 g/mol. The SMILES string of the molecule is COC(=O)c1cc(NNC(=O)OC(C)(C)C)nc(Br)n1. The van der Waals surface area contributed by atoms with Crippen molar-refractivity contribution in [1.82, 2.24) is 15.4 Å². The van der Waals surface area contributed by atoms with Crippen LogP contribution in [0.4, 0.5) is 10.6 Å². The molecule has 9 heteroatoms. The molecular formula is C11H15BrN4O4. The monoisotopic (exact) mass is 346 g/mol. The van der Waals surface area contributed by atoms with E-state index in [4.69, 9.17) is 4.74 Å². The summed E-state index contributed by atoms with van der Waals surface area (Å²) in [6.45, 7) is 5.22. The summed E-state index contributed by atoms with van der Waals surface area (Å²) in [5.41, 5.74) is 4.23. The number of aromatic nitrogens is 2. The number of nitrogens with zero attached hydrogens (tertiary/aromatic N) is 2. The maximum Gasteiger partial charge on any atom is 0.426 e. The number of carbonyl (C=O) groups excluding carboxylic acids is 2. The average Bonchev–Trinajstić information content (AvgIpc) is 2.32. The van der Waals surface area contributed by atoms with Crippen molar-refractivity contribution in [2.75, 3.05) is 12.5 Å². The van der Waals surface area contributed by atoms with Gasteiger partial charge in [0.1, 0.15) is 11.4 Å². The van der Waals surface area contributed by atoms with Crippen LogP contribution < -0.4 is 10.9 Å². The Morgan fingerprint density at radius 1 is 1.30 bits per heavy atom. The first kappa shape index (κ1) is 16.2. The summed E-state index contributed by atoms with van der Waals surface area (Å²) in [7, 11) is 1.24. The van der Waals surface area contributed by atoms with E-state index in [-0.39, 0.29) is 16.2 Å². The first-order chi connectivity index (χ1) is 9.21. The summed E-state index contributed by atoms with van der Waals surface area (Å²) in [5.74, 6) is -0.411. The molecule has 0 aliphatic carbocycles. The molecule has 0 fully saturated rings. The molecule has 0 radical (unpaired) electrons. The highest BCUT2D eigenvalue weighted by atomic mass is 79.9. The number of nitrogens with one attached hydrogen (secondary N) is 2. The molecule has 0 aliphatic rings. The van der Waals surface area contributed by atoms with Gasteiger partial charge in [0.05, 0.1) is 7.11 Å². The fourth-order valence-electron chi connectivity index (χ4n) is 1.11. The third-order valence-corrected chi connectivity index (χ3v) is 2.14. The van der Waals surface area contributed by atoms with Gasteiger partial charge in [-0.25, -0.2) is 25.0 Å². The van der Waals surface area contributed by atoms with E-state index < -0.39 is 17.7 Å². The second kappa shape index (κ2) is 6.51. The van der Waals surface area contributed by atoms with Gasteiger partial charge in [-0.1, -0.05) is 0 Å². The standard InChI is InChI=1S/C11H15BrN4O4/c1-11(2,3)20-10(18)16-15-7-5-6(8(17)19-4)13-9(12)14-7/h5H,1-4H3,(H,16,18)(H,13,14,15). The number of hydrogen-bond donors (Lipinski definition) is 2. The quantitative estimate of drug-likeness (QED) is 0.489. The average molecular weight is 347 g/mol. The molecule has 110 valence electrons. The molecule has 0 saturated heterocycles. The van der Waals surface area contributed by atoms with Gasteiger partial charge in [0.25, 0.3) is 0 Å². The molecule has 2 N–H and O–H groups in total. The number of halogens is 1. The van der Waals surface area contributed by atoms with E-state index in [2.05, 4.69) is 41.5 Å². The number of methoxy groups -OCH3 is 1. The molecule has 0 saturated carbocycles. The van der Waals surface area contributed by atoms with E-state index in [1.54, 1.807) is 20.8 Å². The van der Waals surface area contributed by atoms with Crippen LogP contribution in [0.3, 0.4) is 0 Å². The smallest absolute Gasteiger partial charge is 0.426 e. The molecule has 1 aromatic rings. The second-order valence-corrected chi connectivity index (χ2v) is 5.36. The van der Waals surface area contributed by atoms with Crippen molar-refractivity contribution in [2.45, 2.75) is 26.4 Å². The minimum absolute atomic E-state index is 0.0443. The molecule has 8 nitrogen and oxygen atoms in total. The molecule has 0 spiro atoms. The summed E-state index contributed by atoms with van der Waals surface area (Å²) < 4.78 is 9.75. The van der Waals surface area contributed by atoms with Gasteiger partial charge in [0.15, 0.2) is 10.4 Å². The molecule has 1 aromatic heterocycles. The zero-order valence-corrected chi connectivity index (χ0v) is 13.1. The largest absolute Gasteiger partial charge is 0.464 e. The van der Waals surface area contributed by atoms with Crippen LogP contribution >= 0.6 is 15.9 Å². The van der Waals surface area contributed by atoms with Crippen LogP contribution in [0.2, 0.25) is 0 Å². The fraction of sp³-hybridized carbons (Fsp3) is 0.455. The van der Waals surface area contributed by atoms with E-state index >= 15 is 0 Å². The summed E-state index contributed by atoms with van der Waals surface area (Å²) in [6, 6.07) is 1.33. The van der Waals surface area contributed by atoms with E-state index in [1.807, 2.05) is 0 Å². The second-order valence-electron chi connectivity index (χ2n) is 4.65. The molecule has 1 heterocycles. The molecule has 20 heavy (non-hydrogen) atoms. The van der Waals surface area contributed by atoms with Gasteiger partial charge in [0, 0.05) is 6.07 Å². The third-order valence-electron chi connectivity index (χ3n) is 1.78. The van der Waals surface area contributed by atoms with Crippen LogP contribution in [-0.2, 0) is 9.47 Å². The van der Waals surface area contributed by atoms with Crippen molar-refractivity contribution in [2.24, 2.45) is 0 Å². The summed E-state index contributed by atoms with van der Waals surface area (Å²) >= 11 is 3.05. The van der Waals surface area contributed by atoms with Gasteiger partial charge in [-0.05, 0) is 36.7 Å². The van der Waals surface area contributed by atoms with Crippen LogP contribution in [0.5, 0.6) is 0 Å². The van der Waals surface area contributed by atoms with E-state index in [0.717, 1.165) is 0 Å². The third kappa shape index (κ3) is 5.39. The van der Waals surface area contributed by atoms with E-state index in [0.29, 0.717) is 0 Å². The molecule has 0 atom stereocenters. The molecule has 0 aliphatic heterocycles. The van der Waals surface area contributed by atoms with Crippen LogP contribution in [0.25, 0.3) is 0 Å². The lowest BCUT2D eigenvalue weighted by atomic mass is 10.2. The van der Waals surface area contributed by atoms with Crippen LogP contribution in [0, 0.1) is 0 Å². The highest BCUT2D eigenvalue weighted by molar-refractivity contribution is 9.10. The summed E-state index contributed by atoms with van der Waals surface area (Å²) in [4.78, 5) is 30.6. The number of carbonyl (C=O) groups is 2. The van der Waals surface area contributed by atoms with Crippen molar-refractivity contribution in [1.29, 1.82) is 0 Å². The van der Waals surface area contributed by atoms with Crippen molar-refractivity contribution in [3.05, 3.63) is 16.5 Å². The molecule has 0 aromatic carbocycles. The number of rotatable bonds is 3. The number of amides is 1. The van der Waals surface area contributed by atoms with Crippen molar-refractivity contribution in [3.8, 4) is 0 Å². The summed E-state index contributed by atoms with van der Waals surface area (Å²) in [5, 5.41) is 0. The number of anilines is 1. The first-order valence-corrected chi connectivity index (χ1v) is 6.38. The lowest BCUT2D eigenvalue weighted by Gasteiger charge is -2.19. The van der Waals surface area contributed by atoms with Crippen molar-refractivity contribution in [3.63, 3.8) is 0 Å². The summed E-state index contributed by atoms with van der Waals surface area (Å²) in [6.07, 6.45) is -0.674. The van der Waals surface area contributed by atoms with Gasteiger partial charge >= 0.3 is 12.1 Å². The number of hydrazine groups is 1. The molecule has 0 bridgehead atoms. The highest BCUT2D eigenvalue weighted by Gasteiger charge is 2.16. The predicted octanol–water partition coefficient (Wildman–Crippen LogP) is 1.88. The Labute approximate surface area is 124 Å². The lowest BCUT2D eigenvalue weighted by molar-refractivity contribution is 0.0539. The Bertz CT molecular complexity index is 516. The minimum Gasteiger partial charge on any atom is -0.464 e. The Morgan fingerprint density at radius 2 is 1.95 bits per heavy atom. The van der Waals surface area contributed by atoms with E-state index in [1.165, 1.54) is 13.2 Å². The Hall–Kier alpha value is -1.90. The topological polar surface area (TPSA) is 102 Å². The zero-order valence-electron chi connectivity index (χ0n) is 11.5. The highest BCUT2D eigenvalue weighted by Crippen LogP contribution is 2.11. The Morgan fingerprint density at radius 3 is 2.50 bits per heavy atom. The number of hydrogen-bond acceptors (Lipinski definition) is 7. The maximum absolute atomic E-state index is 11.4.